The smallest absolute Gasteiger partial charge is 0.426 e. The maximum absolute atomic E-state index is 14.5. The molecule has 0 saturated heterocycles. The van der Waals surface area contributed by atoms with Crippen molar-refractivity contribution in [1.82, 2.24) is 20.1 Å². The van der Waals surface area contributed by atoms with Crippen LogP contribution in [-0.4, -0.2) is 68.1 Å². The molecule has 0 spiro atoms. The molecule has 1 aliphatic carbocycles. The molecule has 2 amide bonds. The summed E-state index contributed by atoms with van der Waals surface area (Å²) in [5, 5.41) is 19.7. The molecule has 4 bridgehead atoms. The minimum absolute atomic E-state index is 0.0636. The van der Waals surface area contributed by atoms with E-state index in [4.69, 9.17) is 14.9 Å². The molecule has 1 aliphatic heterocycles. The molecule has 4 N–H and O–H groups in total. The van der Waals surface area contributed by atoms with Crippen LogP contribution >= 0.6 is 0 Å². The summed E-state index contributed by atoms with van der Waals surface area (Å²) >= 11 is 0. The number of nitrogens with one attached hydrogen (secondary N) is 1. The number of aromatic nitrogens is 3. The highest BCUT2D eigenvalue weighted by Gasteiger charge is 2.58. The molecule has 11 nitrogen and oxygen atoms in total. The van der Waals surface area contributed by atoms with Gasteiger partial charge in [-0.15, -0.1) is 10.2 Å². The number of rotatable bonds is 3. The Hall–Kier alpha value is -3.47. The van der Waals surface area contributed by atoms with E-state index in [0.717, 1.165) is 0 Å². The van der Waals surface area contributed by atoms with Crippen LogP contribution in [0.1, 0.15) is 94.1 Å². The number of fused-ring (bicyclic) bond motifs is 5. The fourth-order valence-corrected chi connectivity index (χ4v) is 5.54. The summed E-state index contributed by atoms with van der Waals surface area (Å²) < 4.78 is 96.3. The van der Waals surface area contributed by atoms with Crippen molar-refractivity contribution >= 4 is 17.7 Å². The largest absolute Gasteiger partial charge is 0.444 e. The summed E-state index contributed by atoms with van der Waals surface area (Å²) in [6.07, 6.45) is -10.2. The molecule has 1 saturated carbocycles. The Kier molecular flexibility index (Phi) is 9.73. The van der Waals surface area contributed by atoms with Crippen molar-refractivity contribution < 1.29 is 50.2 Å². The van der Waals surface area contributed by atoms with E-state index in [1.165, 1.54) is 25.7 Å². The summed E-state index contributed by atoms with van der Waals surface area (Å²) in [6.45, 7) is 4.85. The Morgan fingerprint density at radius 3 is 2.33 bits per heavy atom. The van der Waals surface area contributed by atoms with E-state index in [-0.39, 0.29) is 31.7 Å². The van der Waals surface area contributed by atoms with E-state index in [1.807, 2.05) is 0 Å². The number of hydrogen-bond donors (Lipinski definition) is 3. The molecule has 1 fully saturated rings. The van der Waals surface area contributed by atoms with Crippen molar-refractivity contribution in [3.8, 4) is 11.6 Å². The molecule has 0 aromatic carbocycles. The molecule has 0 radical (unpaired) electrons. The fourth-order valence-electron chi connectivity index (χ4n) is 5.54. The molecule has 45 heavy (non-hydrogen) atoms. The number of ether oxygens (including phenoxy) is 1. The molecule has 0 unspecified atom stereocenters. The average Bonchev–Trinajstić information content (AvgIpc) is 3.42. The third kappa shape index (κ3) is 7.68. The SMILES string of the molecule is CC(C)(C)OC(=O)Nc1cc(C(F)(F)F)c2nc1-c1nnc(o1)[C@@](O)(C(F)(F)F)CCCCCN(C1CCC(CN)CC1)C2=O. The minimum atomic E-state index is -5.26. The number of halogens is 6. The lowest BCUT2D eigenvalue weighted by atomic mass is 9.85. The van der Waals surface area contributed by atoms with Crippen LogP contribution < -0.4 is 11.1 Å². The van der Waals surface area contributed by atoms with Gasteiger partial charge in [-0.1, -0.05) is 6.42 Å². The summed E-state index contributed by atoms with van der Waals surface area (Å²) in [5.41, 5.74) is -2.87. The highest BCUT2D eigenvalue weighted by Crippen LogP contribution is 2.44. The van der Waals surface area contributed by atoms with Gasteiger partial charge in [0.1, 0.15) is 11.3 Å². The number of amides is 2. The highest BCUT2D eigenvalue weighted by molar-refractivity contribution is 5.97. The van der Waals surface area contributed by atoms with Crippen LogP contribution in [0.3, 0.4) is 0 Å². The molecular weight excluding hydrogens is 614 g/mol. The zero-order chi connectivity index (χ0) is 33.4. The number of aliphatic hydroxyl groups is 1. The molecule has 2 aromatic rings. The van der Waals surface area contributed by atoms with Crippen molar-refractivity contribution in [2.75, 3.05) is 18.4 Å². The second-order valence-corrected chi connectivity index (χ2v) is 12.4. The molecule has 2 aliphatic rings. The van der Waals surface area contributed by atoms with Crippen LogP contribution in [0.2, 0.25) is 0 Å². The number of pyridine rings is 1. The Labute approximate surface area is 254 Å². The standard InChI is InChI=1S/C28H36F6N6O5/c1-25(2,3)45-24(42)36-18-13-17(27(29,30)31)19-22(41)40(16-9-7-15(14-35)8-10-16)12-6-4-5-11-26(43,28(32,33)34)23-39-38-21(44-23)20(18)37-19/h13,15-16,43H,4-12,14,35H2,1-3H3,(H,36,42)/t15?,16?,26-/m1/s1. The van der Waals surface area contributed by atoms with Crippen LogP contribution in [-0.2, 0) is 16.5 Å². The molecular formula is C28H36F6N6O5. The normalized spacial score (nSPS) is 23.8. The van der Waals surface area contributed by atoms with Gasteiger partial charge < -0.3 is 24.9 Å². The first-order valence-electron chi connectivity index (χ1n) is 14.6. The Bertz CT molecular complexity index is 1380. The number of carbonyl (C=O) groups is 2. The van der Waals surface area contributed by atoms with Crippen molar-refractivity contribution in [3.05, 3.63) is 23.2 Å². The predicted octanol–water partition coefficient (Wildman–Crippen LogP) is 5.78. The number of hydrogen-bond acceptors (Lipinski definition) is 9. The molecule has 250 valence electrons. The fraction of sp³-hybridized carbons (Fsp3) is 0.679. The van der Waals surface area contributed by atoms with Gasteiger partial charge in [-0.25, -0.2) is 9.78 Å². The summed E-state index contributed by atoms with van der Waals surface area (Å²) in [4.78, 5) is 31.8. The van der Waals surface area contributed by atoms with Crippen LogP contribution in [0.4, 0.5) is 36.8 Å². The van der Waals surface area contributed by atoms with E-state index >= 15 is 0 Å². The van der Waals surface area contributed by atoms with E-state index < -0.39 is 82.4 Å². The van der Waals surface area contributed by atoms with E-state index in [9.17, 15) is 41.0 Å². The topological polar surface area (TPSA) is 157 Å². The van der Waals surface area contributed by atoms with Crippen molar-refractivity contribution in [2.24, 2.45) is 11.7 Å². The number of carbonyl (C=O) groups excluding carboxylic acids is 2. The van der Waals surface area contributed by atoms with Gasteiger partial charge in [-0.3, -0.25) is 10.1 Å². The third-order valence-electron chi connectivity index (χ3n) is 7.91. The van der Waals surface area contributed by atoms with Gasteiger partial charge in [0.05, 0.1) is 11.3 Å². The van der Waals surface area contributed by atoms with Crippen molar-refractivity contribution in [1.29, 1.82) is 0 Å². The lowest BCUT2D eigenvalue weighted by molar-refractivity contribution is -0.277. The van der Waals surface area contributed by atoms with Crippen LogP contribution in [0.15, 0.2) is 10.5 Å². The predicted molar refractivity (Wildman–Crippen MR) is 147 cm³/mol. The lowest BCUT2D eigenvalue weighted by Gasteiger charge is -2.37. The highest BCUT2D eigenvalue weighted by atomic mass is 19.4. The Morgan fingerprint density at radius 1 is 1.09 bits per heavy atom. The molecule has 2 aromatic heterocycles. The Morgan fingerprint density at radius 2 is 1.76 bits per heavy atom. The van der Waals surface area contributed by atoms with Gasteiger partial charge in [0.15, 0.2) is 5.69 Å². The quantitative estimate of drug-likeness (QED) is 0.351. The van der Waals surface area contributed by atoms with Crippen LogP contribution in [0.25, 0.3) is 11.6 Å². The summed E-state index contributed by atoms with van der Waals surface area (Å²) in [6, 6.07) is -0.0458. The van der Waals surface area contributed by atoms with Crippen LogP contribution in [0, 0.1) is 5.92 Å². The van der Waals surface area contributed by atoms with E-state index in [1.54, 1.807) is 0 Å². The minimum Gasteiger partial charge on any atom is -0.444 e. The first-order valence-corrected chi connectivity index (χ1v) is 14.6. The molecule has 4 rings (SSSR count). The van der Waals surface area contributed by atoms with Gasteiger partial charge in [-0.05, 0) is 84.2 Å². The number of nitrogens with zero attached hydrogens (tertiary/aromatic N) is 4. The van der Waals surface area contributed by atoms with Gasteiger partial charge in [0, 0.05) is 12.6 Å². The van der Waals surface area contributed by atoms with Gasteiger partial charge in [-0.2, -0.15) is 26.3 Å². The van der Waals surface area contributed by atoms with Crippen molar-refractivity contribution in [2.45, 2.75) is 102 Å². The third-order valence-corrected chi connectivity index (χ3v) is 7.91. The monoisotopic (exact) mass is 650 g/mol. The summed E-state index contributed by atoms with van der Waals surface area (Å²) in [5.74, 6) is -2.99. The van der Waals surface area contributed by atoms with Gasteiger partial charge in [0.2, 0.25) is 5.60 Å². The zero-order valence-corrected chi connectivity index (χ0v) is 25.0. The first-order chi connectivity index (χ1) is 20.8. The number of alkyl halides is 6. The number of nitrogens with two attached hydrogens (primary N) is 1. The van der Waals surface area contributed by atoms with Crippen LogP contribution in [0.5, 0.6) is 0 Å². The molecule has 17 heteroatoms. The Balaban J connectivity index is 1.92. The number of anilines is 1. The van der Waals surface area contributed by atoms with E-state index in [2.05, 4.69) is 20.5 Å². The van der Waals surface area contributed by atoms with Gasteiger partial charge >= 0.3 is 18.4 Å². The van der Waals surface area contributed by atoms with Crippen molar-refractivity contribution in [3.63, 3.8) is 0 Å². The first kappa shape index (κ1) is 34.4. The molecule has 1 atom stereocenters. The second kappa shape index (κ2) is 12.7. The summed E-state index contributed by atoms with van der Waals surface area (Å²) in [7, 11) is 0. The van der Waals surface area contributed by atoms with Gasteiger partial charge in [0.25, 0.3) is 17.7 Å². The second-order valence-electron chi connectivity index (χ2n) is 12.4. The lowest BCUT2D eigenvalue weighted by Crippen LogP contribution is -2.44. The molecule has 3 heterocycles. The maximum atomic E-state index is 14.5. The maximum Gasteiger partial charge on any atom is 0.426 e. The zero-order valence-electron chi connectivity index (χ0n) is 25.0. The average molecular weight is 651 g/mol. The van der Waals surface area contributed by atoms with E-state index in [0.29, 0.717) is 38.3 Å².